The first-order chi connectivity index (χ1) is 13.0. The van der Waals surface area contributed by atoms with Crippen molar-refractivity contribution in [3.63, 3.8) is 0 Å². The molecule has 6 nitrogen and oxygen atoms in total. The van der Waals surface area contributed by atoms with Crippen molar-refractivity contribution in [2.24, 2.45) is 0 Å². The number of rotatable bonds is 4. The molecule has 1 N–H and O–H groups in total. The molecule has 142 valence electrons. The van der Waals surface area contributed by atoms with E-state index in [0.717, 1.165) is 10.0 Å². The molecule has 2 heterocycles. The van der Waals surface area contributed by atoms with Crippen molar-refractivity contribution in [3.05, 3.63) is 46.4 Å². The van der Waals surface area contributed by atoms with Crippen molar-refractivity contribution in [2.75, 3.05) is 18.6 Å². The van der Waals surface area contributed by atoms with Gasteiger partial charge in [0, 0.05) is 16.5 Å². The second-order valence-electron chi connectivity index (χ2n) is 6.75. The lowest BCUT2D eigenvalue weighted by Gasteiger charge is -2.50. The van der Waals surface area contributed by atoms with Crippen LogP contribution in [0.4, 0.5) is 10.5 Å². The lowest BCUT2D eigenvalue weighted by atomic mass is 9.90. The second kappa shape index (κ2) is 6.64. The number of para-hydroxylation sites is 2. The molecule has 2 aromatic rings. The molecule has 4 rings (SSSR count). The first-order valence-corrected chi connectivity index (χ1v) is 9.65. The maximum absolute atomic E-state index is 13.1. The number of ether oxygens (including phenoxy) is 3. The first-order valence-electron chi connectivity index (χ1n) is 8.86. The third-order valence-corrected chi connectivity index (χ3v) is 5.39. The largest absolute Gasteiger partial charge is 0.493 e. The van der Waals surface area contributed by atoms with Crippen molar-refractivity contribution >= 4 is 27.6 Å². The van der Waals surface area contributed by atoms with E-state index in [4.69, 9.17) is 14.2 Å². The molecule has 2 aliphatic heterocycles. The van der Waals surface area contributed by atoms with Crippen LogP contribution in [0.2, 0.25) is 0 Å². The Morgan fingerprint density at radius 2 is 2.11 bits per heavy atom. The van der Waals surface area contributed by atoms with Gasteiger partial charge in [0.2, 0.25) is 0 Å². The summed E-state index contributed by atoms with van der Waals surface area (Å²) in [6.07, 6.45) is 0.603. The van der Waals surface area contributed by atoms with Crippen LogP contribution in [-0.2, 0) is 0 Å². The Morgan fingerprint density at radius 1 is 1.33 bits per heavy atom. The van der Waals surface area contributed by atoms with E-state index in [9.17, 15) is 4.79 Å². The van der Waals surface area contributed by atoms with E-state index >= 15 is 0 Å². The van der Waals surface area contributed by atoms with Gasteiger partial charge in [0.15, 0.2) is 17.2 Å². The number of benzene rings is 2. The second-order valence-corrected chi connectivity index (χ2v) is 7.66. The van der Waals surface area contributed by atoms with Gasteiger partial charge < -0.3 is 19.5 Å². The van der Waals surface area contributed by atoms with Crippen LogP contribution in [0.5, 0.6) is 17.2 Å². The van der Waals surface area contributed by atoms with Crippen LogP contribution in [0.3, 0.4) is 0 Å². The molecule has 2 unspecified atom stereocenters. The molecular weight excluding hydrogens is 412 g/mol. The Balaban J connectivity index is 1.83. The van der Waals surface area contributed by atoms with Gasteiger partial charge in [0.05, 0.1) is 25.4 Å². The Morgan fingerprint density at radius 3 is 2.85 bits per heavy atom. The minimum Gasteiger partial charge on any atom is -0.493 e. The van der Waals surface area contributed by atoms with Gasteiger partial charge in [0.25, 0.3) is 0 Å². The van der Waals surface area contributed by atoms with Gasteiger partial charge >= 0.3 is 6.03 Å². The van der Waals surface area contributed by atoms with Crippen molar-refractivity contribution < 1.29 is 19.0 Å². The third-order valence-electron chi connectivity index (χ3n) is 4.93. The van der Waals surface area contributed by atoms with Crippen molar-refractivity contribution in [1.29, 1.82) is 0 Å². The smallest absolute Gasteiger partial charge is 0.325 e. The van der Waals surface area contributed by atoms with Gasteiger partial charge in [-0.3, -0.25) is 4.90 Å². The van der Waals surface area contributed by atoms with Crippen molar-refractivity contribution in [1.82, 2.24) is 5.32 Å². The summed E-state index contributed by atoms with van der Waals surface area (Å²) >= 11 is 3.50. The summed E-state index contributed by atoms with van der Waals surface area (Å²) < 4.78 is 18.5. The Kier molecular flexibility index (Phi) is 4.42. The number of amides is 2. The summed E-state index contributed by atoms with van der Waals surface area (Å²) in [5.74, 6) is 1.93. The predicted octanol–water partition coefficient (Wildman–Crippen LogP) is 4.63. The number of nitrogens with one attached hydrogen (secondary N) is 1. The fourth-order valence-electron chi connectivity index (χ4n) is 3.84. The predicted molar refractivity (Wildman–Crippen MR) is 106 cm³/mol. The zero-order valence-electron chi connectivity index (χ0n) is 15.4. The van der Waals surface area contributed by atoms with Gasteiger partial charge in [-0.05, 0) is 38.1 Å². The van der Waals surface area contributed by atoms with E-state index in [1.54, 1.807) is 12.0 Å². The molecule has 0 saturated carbocycles. The molecular formula is C20H21BrN2O4. The summed E-state index contributed by atoms with van der Waals surface area (Å²) in [7, 11) is 1.61. The van der Waals surface area contributed by atoms with Crippen LogP contribution in [0.1, 0.15) is 31.9 Å². The molecule has 0 aromatic heterocycles. The molecule has 2 aliphatic rings. The molecule has 2 amide bonds. The van der Waals surface area contributed by atoms with Crippen molar-refractivity contribution in [3.8, 4) is 17.2 Å². The number of nitrogens with zero attached hydrogens (tertiary/aromatic N) is 1. The lowest BCUT2D eigenvalue weighted by molar-refractivity contribution is 0.0345. The summed E-state index contributed by atoms with van der Waals surface area (Å²) in [5, 5.41) is 3.10. The van der Waals surface area contributed by atoms with Crippen LogP contribution in [0, 0.1) is 0 Å². The molecule has 0 spiro atoms. The van der Waals surface area contributed by atoms with E-state index in [1.807, 2.05) is 50.2 Å². The average Bonchev–Trinajstić information content (AvgIpc) is 2.63. The highest BCUT2D eigenvalue weighted by Crippen LogP contribution is 2.51. The molecule has 2 bridgehead atoms. The van der Waals surface area contributed by atoms with Crippen LogP contribution in [0.25, 0.3) is 0 Å². The van der Waals surface area contributed by atoms with E-state index in [2.05, 4.69) is 21.2 Å². The highest BCUT2D eigenvalue weighted by atomic mass is 79.9. The minimum absolute atomic E-state index is 0.159. The number of anilines is 1. The summed E-state index contributed by atoms with van der Waals surface area (Å²) in [6, 6.07) is 11.0. The molecule has 2 atom stereocenters. The average molecular weight is 433 g/mol. The number of methoxy groups -OCH3 is 1. The number of carbonyl (C=O) groups is 1. The number of hydrogen-bond acceptors (Lipinski definition) is 4. The fourth-order valence-corrected chi connectivity index (χ4v) is 4.29. The van der Waals surface area contributed by atoms with Crippen LogP contribution >= 0.6 is 15.9 Å². The van der Waals surface area contributed by atoms with Crippen LogP contribution in [0.15, 0.2) is 40.9 Å². The molecule has 2 aromatic carbocycles. The third kappa shape index (κ3) is 2.90. The van der Waals surface area contributed by atoms with Gasteiger partial charge in [-0.15, -0.1) is 0 Å². The van der Waals surface area contributed by atoms with E-state index in [1.165, 1.54) is 0 Å². The quantitative estimate of drug-likeness (QED) is 0.764. The van der Waals surface area contributed by atoms with E-state index < -0.39 is 5.72 Å². The maximum atomic E-state index is 13.1. The molecule has 1 saturated heterocycles. The summed E-state index contributed by atoms with van der Waals surface area (Å²) in [4.78, 5) is 14.7. The van der Waals surface area contributed by atoms with Crippen LogP contribution < -0.4 is 24.4 Å². The Bertz CT molecular complexity index is 904. The normalized spacial score (nSPS) is 23.2. The molecule has 0 radical (unpaired) electrons. The number of hydrogen-bond donors (Lipinski definition) is 1. The molecule has 27 heavy (non-hydrogen) atoms. The lowest BCUT2D eigenvalue weighted by Crippen LogP contribution is -2.65. The Hall–Kier alpha value is -2.41. The SMILES string of the molecule is CCOc1ccccc1N1C(=O)NC2CC1(C)Oc1c(OC)cc(Br)cc12. The maximum Gasteiger partial charge on any atom is 0.325 e. The van der Waals surface area contributed by atoms with Gasteiger partial charge in [0.1, 0.15) is 5.75 Å². The topological polar surface area (TPSA) is 60.0 Å². The highest BCUT2D eigenvalue weighted by molar-refractivity contribution is 9.10. The minimum atomic E-state index is -0.867. The van der Waals surface area contributed by atoms with Gasteiger partial charge in [-0.1, -0.05) is 28.1 Å². The number of carbonyl (C=O) groups excluding carboxylic acids is 1. The Labute approximate surface area is 166 Å². The van der Waals surface area contributed by atoms with E-state index in [0.29, 0.717) is 36.0 Å². The number of fused-ring (bicyclic) bond motifs is 4. The van der Waals surface area contributed by atoms with Gasteiger partial charge in [-0.2, -0.15) is 0 Å². The zero-order chi connectivity index (χ0) is 19.2. The first kappa shape index (κ1) is 18.0. The standard InChI is InChI=1S/C20H21BrN2O4/c1-4-26-16-8-6-5-7-15(16)23-19(24)22-14-11-20(23,2)27-18-13(14)9-12(21)10-17(18)25-3/h5-10,14H,4,11H2,1-3H3,(H,22,24). The van der Waals surface area contributed by atoms with Gasteiger partial charge in [-0.25, -0.2) is 4.79 Å². The van der Waals surface area contributed by atoms with E-state index in [-0.39, 0.29) is 12.1 Å². The highest BCUT2D eigenvalue weighted by Gasteiger charge is 2.51. The molecule has 0 aliphatic carbocycles. The molecule has 7 heteroatoms. The summed E-state index contributed by atoms with van der Waals surface area (Å²) in [5.41, 5.74) is 0.719. The summed E-state index contributed by atoms with van der Waals surface area (Å²) in [6.45, 7) is 4.35. The molecule has 1 fully saturated rings. The fraction of sp³-hybridized carbons (Fsp3) is 0.350. The zero-order valence-corrected chi connectivity index (χ0v) is 17.0. The number of halogens is 1. The number of urea groups is 1. The monoisotopic (exact) mass is 432 g/mol. The van der Waals surface area contributed by atoms with Crippen LogP contribution in [-0.4, -0.2) is 25.5 Å². The van der Waals surface area contributed by atoms with Crippen molar-refractivity contribution in [2.45, 2.75) is 32.0 Å².